The number of methoxy groups -OCH3 is 2. The Balaban J connectivity index is 4.74. The average Bonchev–Trinajstić information content (AvgIpc) is 2.41. The van der Waals surface area contributed by atoms with Crippen LogP contribution in [0.25, 0.3) is 0 Å². The van der Waals surface area contributed by atoms with Crippen molar-refractivity contribution in [2.45, 2.75) is 0 Å². The molecule has 0 unspecified atom stereocenters. The number of esters is 2. The van der Waals surface area contributed by atoms with E-state index in [1.165, 1.54) is 0 Å². The van der Waals surface area contributed by atoms with E-state index in [1.54, 1.807) is 0 Å². The van der Waals surface area contributed by atoms with Gasteiger partial charge in [-0.3, -0.25) is 18.6 Å². The van der Waals surface area contributed by atoms with E-state index in [-0.39, 0.29) is 0 Å². The maximum atomic E-state index is 11.5. The van der Waals surface area contributed by atoms with E-state index < -0.39 is 25.7 Å². The van der Waals surface area contributed by atoms with Gasteiger partial charge in [0.25, 0.3) is 0 Å². The third-order valence-corrected chi connectivity index (χ3v) is 3.09. The van der Waals surface area contributed by atoms with Gasteiger partial charge in [0.15, 0.2) is 5.92 Å². The highest BCUT2D eigenvalue weighted by Crippen LogP contribution is 2.47. The van der Waals surface area contributed by atoms with Crippen LogP contribution in [0.15, 0.2) is 12.3 Å². The quantitative estimate of drug-likeness (QED) is 0.294. The molecule has 0 aliphatic rings. The molecule has 0 radical (unpaired) electrons. The summed E-state index contributed by atoms with van der Waals surface area (Å²) in [6, 6.07) is 0. The Morgan fingerprint density at radius 1 is 1.00 bits per heavy atom. The lowest BCUT2D eigenvalue weighted by molar-refractivity contribution is -0.156. The maximum Gasteiger partial charge on any atom is 0.528 e. The molecule has 0 spiro atoms. The first-order valence-electron chi connectivity index (χ1n) is 4.66. The van der Waals surface area contributed by atoms with Crippen molar-refractivity contribution in [3.8, 4) is 0 Å². The van der Waals surface area contributed by atoms with Crippen LogP contribution in [0.4, 0.5) is 0 Å². The highest BCUT2D eigenvalue weighted by Gasteiger charge is 2.27. The Kier molecular flexibility index (Phi) is 7.26. The molecular formula is C9H15O8P. The minimum absolute atomic E-state index is 0.841. The Labute approximate surface area is 104 Å². The van der Waals surface area contributed by atoms with Crippen molar-refractivity contribution in [1.29, 1.82) is 0 Å². The first kappa shape index (κ1) is 16.6. The summed E-state index contributed by atoms with van der Waals surface area (Å²) in [5.41, 5.74) is 0. The van der Waals surface area contributed by atoms with Gasteiger partial charge in [0.05, 0.1) is 20.5 Å². The largest absolute Gasteiger partial charge is 0.528 e. The number of rotatable bonds is 7. The summed E-state index contributed by atoms with van der Waals surface area (Å²) >= 11 is 0. The predicted octanol–water partition coefficient (Wildman–Crippen LogP) is 0.880. The summed E-state index contributed by atoms with van der Waals surface area (Å²) in [6.45, 7) is 0. The second-order valence-corrected chi connectivity index (χ2v) is 4.61. The van der Waals surface area contributed by atoms with E-state index in [2.05, 4.69) is 23.0 Å². The molecule has 0 aliphatic carbocycles. The van der Waals surface area contributed by atoms with Crippen LogP contribution >= 0.6 is 7.82 Å². The van der Waals surface area contributed by atoms with Gasteiger partial charge >= 0.3 is 19.8 Å². The molecular weight excluding hydrogens is 267 g/mol. The molecule has 0 aromatic carbocycles. The van der Waals surface area contributed by atoms with Gasteiger partial charge in [-0.2, -0.15) is 0 Å². The van der Waals surface area contributed by atoms with Crippen LogP contribution in [-0.2, 0) is 37.2 Å². The third kappa shape index (κ3) is 4.87. The van der Waals surface area contributed by atoms with Gasteiger partial charge in [0.2, 0.25) is 0 Å². The Bertz CT molecular complexity index is 340. The van der Waals surface area contributed by atoms with Gasteiger partial charge < -0.3 is 14.0 Å². The van der Waals surface area contributed by atoms with Gasteiger partial charge in [-0.15, -0.1) is 0 Å². The zero-order valence-corrected chi connectivity index (χ0v) is 11.3. The maximum absolute atomic E-state index is 11.5. The van der Waals surface area contributed by atoms with Crippen LogP contribution in [0, 0.1) is 5.92 Å². The van der Waals surface area contributed by atoms with Crippen LogP contribution in [0.1, 0.15) is 0 Å². The lowest BCUT2D eigenvalue weighted by Crippen LogP contribution is -2.24. The lowest BCUT2D eigenvalue weighted by atomic mass is 10.1. The van der Waals surface area contributed by atoms with Crippen LogP contribution < -0.4 is 0 Å². The lowest BCUT2D eigenvalue weighted by Gasteiger charge is -2.11. The molecule has 0 aliphatic heterocycles. The monoisotopic (exact) mass is 282 g/mol. The molecule has 104 valence electrons. The van der Waals surface area contributed by atoms with Crippen molar-refractivity contribution < 1.29 is 37.2 Å². The number of hydrogen-bond donors (Lipinski definition) is 0. The zero-order valence-electron chi connectivity index (χ0n) is 10.4. The highest BCUT2D eigenvalue weighted by atomic mass is 31.2. The van der Waals surface area contributed by atoms with Gasteiger partial charge in [-0.1, -0.05) is 0 Å². The molecule has 0 aromatic rings. The number of ether oxygens (including phenoxy) is 2. The normalized spacial score (nSPS) is 11.6. The smallest absolute Gasteiger partial charge is 0.468 e. The topological polar surface area (TPSA) is 97.4 Å². The fourth-order valence-corrected chi connectivity index (χ4v) is 1.40. The van der Waals surface area contributed by atoms with Crippen LogP contribution in [0.3, 0.4) is 0 Å². The first-order valence-corrected chi connectivity index (χ1v) is 6.12. The number of carbonyl (C=O) groups excluding carboxylic acids is 2. The molecule has 0 aromatic heterocycles. The van der Waals surface area contributed by atoms with Crippen molar-refractivity contribution in [2.24, 2.45) is 5.92 Å². The Morgan fingerprint density at radius 2 is 1.44 bits per heavy atom. The predicted molar refractivity (Wildman–Crippen MR) is 59.4 cm³/mol. The molecule has 0 fully saturated rings. The number of phosphoric ester groups is 1. The molecule has 9 heteroatoms. The van der Waals surface area contributed by atoms with Crippen LogP contribution in [-0.4, -0.2) is 40.4 Å². The summed E-state index contributed by atoms with van der Waals surface area (Å²) in [7, 11) is 0.763. The zero-order chi connectivity index (χ0) is 14.2. The Hall–Kier alpha value is -1.37. The minimum Gasteiger partial charge on any atom is -0.468 e. The van der Waals surface area contributed by atoms with Crippen LogP contribution in [0.2, 0.25) is 0 Å². The number of hydrogen-bond acceptors (Lipinski definition) is 8. The molecule has 0 amide bonds. The van der Waals surface area contributed by atoms with E-state index in [0.29, 0.717) is 0 Å². The van der Waals surface area contributed by atoms with E-state index in [0.717, 1.165) is 40.8 Å². The summed E-state index contributed by atoms with van der Waals surface area (Å²) < 4.78 is 33.8. The van der Waals surface area contributed by atoms with Gasteiger partial charge in [0.1, 0.15) is 0 Å². The van der Waals surface area contributed by atoms with E-state index in [4.69, 9.17) is 0 Å². The highest BCUT2D eigenvalue weighted by molar-refractivity contribution is 7.48. The fourth-order valence-electron chi connectivity index (χ4n) is 0.856. The van der Waals surface area contributed by atoms with E-state index >= 15 is 0 Å². The fraction of sp³-hybridized carbons (Fsp3) is 0.556. The molecule has 0 bridgehead atoms. The minimum atomic E-state index is -3.71. The molecule has 18 heavy (non-hydrogen) atoms. The summed E-state index contributed by atoms with van der Waals surface area (Å²) in [6.07, 6.45) is 1.87. The molecule has 0 saturated heterocycles. The van der Waals surface area contributed by atoms with Crippen molar-refractivity contribution in [1.82, 2.24) is 0 Å². The summed E-state index contributed by atoms with van der Waals surface area (Å²) in [4.78, 5) is 22.5. The molecule has 0 atom stereocenters. The molecule has 8 nitrogen and oxygen atoms in total. The number of phosphoric acid groups is 1. The molecule has 0 saturated carbocycles. The molecule has 0 N–H and O–H groups in total. The van der Waals surface area contributed by atoms with Crippen LogP contribution in [0.5, 0.6) is 0 Å². The Morgan fingerprint density at radius 3 is 1.78 bits per heavy atom. The average molecular weight is 282 g/mol. The second kappa shape index (κ2) is 7.86. The second-order valence-electron chi connectivity index (χ2n) is 2.77. The molecule has 0 heterocycles. The first-order chi connectivity index (χ1) is 8.44. The van der Waals surface area contributed by atoms with E-state index in [9.17, 15) is 14.2 Å². The van der Waals surface area contributed by atoms with Gasteiger partial charge in [-0.05, 0) is 6.08 Å². The van der Waals surface area contributed by atoms with Gasteiger partial charge in [-0.25, -0.2) is 4.57 Å². The standard InChI is InChI=1S/C9H15O8P/c1-13-8(10)7(9(11)14-2)5-6-17-18(12,15-3)16-4/h5-7H,1-4H3. The van der Waals surface area contributed by atoms with Crippen molar-refractivity contribution in [2.75, 3.05) is 28.4 Å². The summed E-state index contributed by atoms with van der Waals surface area (Å²) in [5, 5.41) is 0. The SMILES string of the molecule is COC(=O)C(C=COP(=O)(OC)OC)C(=O)OC. The number of carbonyl (C=O) groups is 2. The molecule has 0 rings (SSSR count). The summed E-state index contributed by atoms with van der Waals surface area (Å²) in [5.74, 6) is -3.00. The van der Waals surface area contributed by atoms with Gasteiger partial charge in [0, 0.05) is 14.2 Å². The van der Waals surface area contributed by atoms with Crippen molar-refractivity contribution in [3.05, 3.63) is 12.3 Å². The van der Waals surface area contributed by atoms with Crippen molar-refractivity contribution >= 4 is 19.8 Å². The third-order valence-electron chi connectivity index (χ3n) is 1.82. The van der Waals surface area contributed by atoms with E-state index in [1.807, 2.05) is 0 Å². The van der Waals surface area contributed by atoms with Crippen molar-refractivity contribution in [3.63, 3.8) is 0 Å².